The number of aliphatic hydroxyl groups excluding tert-OH is 1. The fourth-order valence-corrected chi connectivity index (χ4v) is 1.74. The Kier molecular flexibility index (Phi) is 4.68. The van der Waals surface area contributed by atoms with E-state index in [-0.39, 0.29) is 6.61 Å². The number of aliphatic hydroxyl groups is 1. The van der Waals surface area contributed by atoms with Gasteiger partial charge in [-0.1, -0.05) is 18.2 Å². The van der Waals surface area contributed by atoms with E-state index in [1.807, 2.05) is 12.1 Å². The van der Waals surface area contributed by atoms with Gasteiger partial charge >= 0.3 is 6.03 Å². The highest BCUT2D eigenvalue weighted by atomic mass is 19.1. The Morgan fingerprint density at radius 2 is 1.75 bits per heavy atom. The highest BCUT2D eigenvalue weighted by Gasteiger charge is 2.03. The first-order valence-electron chi connectivity index (χ1n) is 6.21. The molecule has 0 unspecified atom stereocenters. The van der Waals surface area contributed by atoms with Crippen LogP contribution in [0.25, 0.3) is 0 Å². The van der Waals surface area contributed by atoms with Gasteiger partial charge in [-0.2, -0.15) is 0 Å². The van der Waals surface area contributed by atoms with Crippen molar-refractivity contribution in [1.29, 1.82) is 0 Å². The van der Waals surface area contributed by atoms with Crippen LogP contribution >= 0.6 is 0 Å². The number of anilines is 2. The molecule has 0 radical (unpaired) electrons. The molecule has 0 bridgehead atoms. The number of hydrogen-bond donors (Lipinski definition) is 3. The van der Waals surface area contributed by atoms with Crippen molar-refractivity contribution in [2.75, 3.05) is 17.2 Å². The molecular formula is C15H15FN2O2. The number of carbonyl (C=O) groups excluding carboxylic acids is 1. The van der Waals surface area contributed by atoms with E-state index in [0.29, 0.717) is 17.8 Å². The van der Waals surface area contributed by atoms with E-state index >= 15 is 0 Å². The van der Waals surface area contributed by atoms with Crippen LogP contribution in [-0.4, -0.2) is 17.7 Å². The van der Waals surface area contributed by atoms with E-state index in [1.165, 1.54) is 18.2 Å². The van der Waals surface area contributed by atoms with Crippen LogP contribution in [0.4, 0.5) is 20.6 Å². The van der Waals surface area contributed by atoms with Crippen molar-refractivity contribution in [3.05, 3.63) is 59.9 Å². The number of rotatable bonds is 4. The second-order valence-electron chi connectivity index (χ2n) is 4.26. The Morgan fingerprint density at radius 1 is 1.05 bits per heavy atom. The van der Waals surface area contributed by atoms with Gasteiger partial charge in [0.05, 0.1) is 0 Å². The number of amides is 2. The zero-order valence-corrected chi connectivity index (χ0v) is 10.8. The summed E-state index contributed by atoms with van der Waals surface area (Å²) in [4.78, 5) is 11.7. The van der Waals surface area contributed by atoms with E-state index < -0.39 is 11.8 Å². The van der Waals surface area contributed by atoms with Gasteiger partial charge in [-0.25, -0.2) is 9.18 Å². The summed E-state index contributed by atoms with van der Waals surface area (Å²) in [6.07, 6.45) is 0.579. The molecule has 0 atom stereocenters. The molecule has 0 saturated carbocycles. The second kappa shape index (κ2) is 6.68. The molecule has 2 rings (SSSR count). The number of halogens is 1. The van der Waals surface area contributed by atoms with Gasteiger partial charge in [0.1, 0.15) is 5.82 Å². The van der Waals surface area contributed by atoms with Gasteiger partial charge in [0.15, 0.2) is 0 Å². The van der Waals surface area contributed by atoms with Crippen molar-refractivity contribution in [2.45, 2.75) is 6.42 Å². The van der Waals surface area contributed by atoms with Crippen LogP contribution in [0, 0.1) is 5.82 Å². The maximum absolute atomic E-state index is 13.0. The third-order valence-corrected chi connectivity index (χ3v) is 2.69. The topological polar surface area (TPSA) is 61.4 Å². The van der Waals surface area contributed by atoms with E-state index in [4.69, 9.17) is 5.11 Å². The molecular weight excluding hydrogens is 259 g/mol. The maximum Gasteiger partial charge on any atom is 0.323 e. The average molecular weight is 274 g/mol. The third-order valence-electron chi connectivity index (χ3n) is 2.69. The largest absolute Gasteiger partial charge is 0.396 e. The molecule has 0 aliphatic heterocycles. The van der Waals surface area contributed by atoms with Gasteiger partial charge in [0.2, 0.25) is 0 Å². The summed E-state index contributed by atoms with van der Waals surface area (Å²) in [5.41, 5.74) is 2.00. The molecule has 20 heavy (non-hydrogen) atoms. The molecule has 2 aromatic carbocycles. The van der Waals surface area contributed by atoms with Crippen LogP contribution in [0.3, 0.4) is 0 Å². The molecule has 2 amide bonds. The lowest BCUT2D eigenvalue weighted by molar-refractivity contribution is 0.262. The molecule has 0 aliphatic carbocycles. The normalized spacial score (nSPS) is 10.1. The molecule has 3 N–H and O–H groups in total. The minimum Gasteiger partial charge on any atom is -0.396 e. The number of urea groups is 1. The Morgan fingerprint density at radius 3 is 2.40 bits per heavy atom. The lowest BCUT2D eigenvalue weighted by Gasteiger charge is -2.08. The van der Waals surface area contributed by atoms with Gasteiger partial charge in [0.25, 0.3) is 0 Å². The standard InChI is InChI=1S/C15H15FN2O2/c16-12-2-1-3-14(10-12)18-15(20)17-13-6-4-11(5-7-13)8-9-19/h1-7,10,19H,8-9H2,(H2,17,18,20). The lowest BCUT2D eigenvalue weighted by atomic mass is 10.1. The Bertz CT molecular complexity index is 585. The molecule has 4 nitrogen and oxygen atoms in total. The fourth-order valence-electron chi connectivity index (χ4n) is 1.74. The molecule has 0 spiro atoms. The Balaban J connectivity index is 1.94. The van der Waals surface area contributed by atoms with Gasteiger partial charge in [-0.15, -0.1) is 0 Å². The molecule has 0 heterocycles. The zero-order chi connectivity index (χ0) is 14.4. The van der Waals surface area contributed by atoms with Gasteiger partial charge in [-0.3, -0.25) is 0 Å². The molecule has 0 aromatic heterocycles. The highest BCUT2D eigenvalue weighted by molar-refractivity contribution is 5.99. The second-order valence-corrected chi connectivity index (χ2v) is 4.26. The van der Waals surface area contributed by atoms with Crippen molar-refractivity contribution in [3.8, 4) is 0 Å². The first kappa shape index (κ1) is 14.0. The molecule has 5 heteroatoms. The summed E-state index contributed by atoms with van der Waals surface area (Å²) in [6, 6.07) is 12.4. The van der Waals surface area contributed by atoms with Crippen molar-refractivity contribution in [2.24, 2.45) is 0 Å². The number of benzene rings is 2. The molecule has 0 aliphatic rings. The third kappa shape index (κ3) is 4.07. The summed E-state index contributed by atoms with van der Waals surface area (Å²) in [5.74, 6) is -0.406. The quantitative estimate of drug-likeness (QED) is 0.802. The predicted octanol–water partition coefficient (Wildman–Crippen LogP) is 3.00. The molecule has 2 aromatic rings. The molecule has 104 valence electrons. The van der Waals surface area contributed by atoms with E-state index in [1.54, 1.807) is 18.2 Å². The smallest absolute Gasteiger partial charge is 0.323 e. The number of hydrogen-bond acceptors (Lipinski definition) is 2. The van der Waals surface area contributed by atoms with Crippen LogP contribution in [0.1, 0.15) is 5.56 Å². The minimum absolute atomic E-state index is 0.0901. The van der Waals surface area contributed by atoms with Crippen LogP contribution < -0.4 is 10.6 Å². The van der Waals surface area contributed by atoms with Gasteiger partial charge < -0.3 is 15.7 Å². The molecule has 0 saturated heterocycles. The number of nitrogens with one attached hydrogen (secondary N) is 2. The summed E-state index contributed by atoms with van der Waals surface area (Å²) < 4.78 is 13.0. The highest BCUT2D eigenvalue weighted by Crippen LogP contribution is 2.12. The van der Waals surface area contributed by atoms with Crippen LogP contribution in [0.5, 0.6) is 0 Å². The first-order chi connectivity index (χ1) is 9.67. The summed E-state index contributed by atoms with van der Waals surface area (Å²) in [5, 5.41) is 14.0. The average Bonchev–Trinajstić information content (AvgIpc) is 2.41. The van der Waals surface area contributed by atoms with E-state index in [0.717, 1.165) is 5.56 Å². The summed E-state index contributed by atoms with van der Waals surface area (Å²) >= 11 is 0. The fraction of sp³-hybridized carbons (Fsp3) is 0.133. The van der Waals surface area contributed by atoms with Crippen molar-refractivity contribution in [3.63, 3.8) is 0 Å². The monoisotopic (exact) mass is 274 g/mol. The van der Waals surface area contributed by atoms with Crippen molar-refractivity contribution < 1.29 is 14.3 Å². The van der Waals surface area contributed by atoms with Gasteiger partial charge in [-0.05, 0) is 42.3 Å². The molecule has 0 fully saturated rings. The van der Waals surface area contributed by atoms with E-state index in [2.05, 4.69) is 10.6 Å². The van der Waals surface area contributed by atoms with Crippen LogP contribution in [-0.2, 0) is 6.42 Å². The van der Waals surface area contributed by atoms with Gasteiger partial charge in [0, 0.05) is 18.0 Å². The first-order valence-corrected chi connectivity index (χ1v) is 6.21. The summed E-state index contributed by atoms with van der Waals surface area (Å²) in [7, 11) is 0. The van der Waals surface area contributed by atoms with E-state index in [9.17, 15) is 9.18 Å². The van der Waals surface area contributed by atoms with Crippen LogP contribution in [0.15, 0.2) is 48.5 Å². The minimum atomic E-state index is -0.439. The summed E-state index contributed by atoms with van der Waals surface area (Å²) in [6.45, 7) is 0.0901. The Hall–Kier alpha value is -2.40. The Labute approximate surface area is 116 Å². The maximum atomic E-state index is 13.0. The van der Waals surface area contributed by atoms with Crippen molar-refractivity contribution in [1.82, 2.24) is 0 Å². The lowest BCUT2D eigenvalue weighted by Crippen LogP contribution is -2.19. The van der Waals surface area contributed by atoms with Crippen LogP contribution in [0.2, 0.25) is 0 Å². The van der Waals surface area contributed by atoms with Crippen molar-refractivity contribution >= 4 is 17.4 Å². The zero-order valence-electron chi connectivity index (χ0n) is 10.8. The predicted molar refractivity (Wildman–Crippen MR) is 76.3 cm³/mol. The SMILES string of the molecule is O=C(Nc1ccc(CCO)cc1)Nc1cccc(F)c1. The number of carbonyl (C=O) groups is 1.